The lowest BCUT2D eigenvalue weighted by atomic mass is 9.94. The van der Waals surface area contributed by atoms with Crippen LogP contribution in [0.2, 0.25) is 5.02 Å². The quantitative estimate of drug-likeness (QED) is 0.840. The van der Waals surface area contributed by atoms with Crippen molar-refractivity contribution in [2.75, 3.05) is 6.54 Å². The number of halogens is 1. The molecule has 5 heteroatoms. The monoisotopic (exact) mass is 294 g/mol. The number of amides is 2. The molecule has 20 heavy (non-hydrogen) atoms. The van der Waals surface area contributed by atoms with Crippen molar-refractivity contribution in [3.8, 4) is 0 Å². The number of nitrogens with one attached hydrogen (secondary N) is 1. The standard InChI is InChI=1S/C15H19ClN2O2/c1-2-18-13(19)8-10-3-4-12(16)11(7-10)9-15(5-6-15)14(17)20/h3-4,7H,2,5-6,8-9H2,1H3,(H2,17,20)(H,18,19). The second kappa shape index (κ2) is 5.83. The van der Waals surface area contributed by atoms with Gasteiger partial charge >= 0.3 is 0 Å². The van der Waals surface area contributed by atoms with E-state index in [2.05, 4.69) is 5.32 Å². The molecule has 1 aromatic carbocycles. The highest BCUT2D eigenvalue weighted by Crippen LogP contribution is 2.48. The maximum absolute atomic E-state index is 11.6. The molecule has 1 aliphatic carbocycles. The van der Waals surface area contributed by atoms with Crippen molar-refractivity contribution in [2.45, 2.75) is 32.6 Å². The molecule has 0 aromatic heterocycles. The number of primary amides is 1. The molecule has 2 rings (SSSR count). The molecule has 1 saturated carbocycles. The van der Waals surface area contributed by atoms with Crippen molar-refractivity contribution in [2.24, 2.45) is 11.1 Å². The SMILES string of the molecule is CCNC(=O)Cc1ccc(Cl)c(CC2(C(N)=O)CC2)c1. The number of rotatable bonds is 6. The maximum Gasteiger partial charge on any atom is 0.224 e. The van der Waals surface area contributed by atoms with E-state index in [1.165, 1.54) is 0 Å². The molecule has 0 bridgehead atoms. The fraction of sp³-hybridized carbons (Fsp3) is 0.467. The second-order valence-corrected chi connectivity index (χ2v) is 5.78. The summed E-state index contributed by atoms with van der Waals surface area (Å²) in [6, 6.07) is 5.52. The third-order valence-corrected chi connectivity index (χ3v) is 4.12. The van der Waals surface area contributed by atoms with Gasteiger partial charge in [0.1, 0.15) is 0 Å². The van der Waals surface area contributed by atoms with E-state index >= 15 is 0 Å². The molecule has 0 atom stereocenters. The van der Waals surface area contributed by atoms with Gasteiger partial charge in [0.2, 0.25) is 11.8 Å². The van der Waals surface area contributed by atoms with Crippen molar-refractivity contribution in [3.05, 3.63) is 34.3 Å². The highest BCUT2D eigenvalue weighted by molar-refractivity contribution is 6.31. The molecule has 0 saturated heterocycles. The molecule has 0 radical (unpaired) electrons. The summed E-state index contributed by atoms with van der Waals surface area (Å²) in [4.78, 5) is 23.1. The number of benzene rings is 1. The Morgan fingerprint density at radius 2 is 2.10 bits per heavy atom. The van der Waals surface area contributed by atoms with Crippen LogP contribution >= 0.6 is 11.6 Å². The van der Waals surface area contributed by atoms with Gasteiger partial charge in [-0.25, -0.2) is 0 Å². The zero-order valence-corrected chi connectivity index (χ0v) is 12.3. The van der Waals surface area contributed by atoms with E-state index in [0.717, 1.165) is 24.0 Å². The first kappa shape index (κ1) is 14.9. The van der Waals surface area contributed by atoms with Gasteiger partial charge in [0.05, 0.1) is 11.8 Å². The van der Waals surface area contributed by atoms with Crippen LogP contribution in [0, 0.1) is 5.41 Å². The molecular formula is C15H19ClN2O2. The second-order valence-electron chi connectivity index (χ2n) is 5.38. The third kappa shape index (κ3) is 3.31. The summed E-state index contributed by atoms with van der Waals surface area (Å²) >= 11 is 6.18. The first-order valence-electron chi connectivity index (χ1n) is 6.81. The van der Waals surface area contributed by atoms with Crippen LogP contribution in [0.5, 0.6) is 0 Å². The zero-order valence-electron chi connectivity index (χ0n) is 11.5. The molecule has 4 nitrogen and oxygen atoms in total. The van der Waals surface area contributed by atoms with Gasteiger partial charge in [0.15, 0.2) is 0 Å². The summed E-state index contributed by atoms with van der Waals surface area (Å²) in [5.74, 6) is -0.278. The first-order chi connectivity index (χ1) is 9.47. The minimum atomic E-state index is -0.423. The van der Waals surface area contributed by atoms with Crippen LogP contribution in [-0.2, 0) is 22.4 Å². The van der Waals surface area contributed by atoms with Crippen molar-refractivity contribution >= 4 is 23.4 Å². The third-order valence-electron chi connectivity index (χ3n) is 3.75. The molecule has 0 heterocycles. The Hall–Kier alpha value is -1.55. The van der Waals surface area contributed by atoms with Crippen LogP contribution in [0.4, 0.5) is 0 Å². The molecule has 2 amide bonds. The topological polar surface area (TPSA) is 72.2 Å². The lowest BCUT2D eigenvalue weighted by Gasteiger charge is -2.13. The Balaban J connectivity index is 2.13. The van der Waals surface area contributed by atoms with E-state index in [1.54, 1.807) is 6.07 Å². The van der Waals surface area contributed by atoms with Crippen LogP contribution in [0.25, 0.3) is 0 Å². The number of likely N-dealkylation sites (N-methyl/N-ethyl adjacent to an activating group) is 1. The van der Waals surface area contributed by atoms with Gasteiger partial charge in [-0.1, -0.05) is 23.7 Å². The predicted octanol–water partition coefficient (Wildman–Crippen LogP) is 1.83. The van der Waals surface area contributed by atoms with Crippen molar-refractivity contribution in [3.63, 3.8) is 0 Å². The summed E-state index contributed by atoms with van der Waals surface area (Å²) in [6.45, 7) is 2.50. The van der Waals surface area contributed by atoms with E-state index < -0.39 is 5.41 Å². The molecule has 1 aromatic rings. The van der Waals surface area contributed by atoms with E-state index in [9.17, 15) is 9.59 Å². The number of hydrogen-bond acceptors (Lipinski definition) is 2. The van der Waals surface area contributed by atoms with Crippen LogP contribution in [0.3, 0.4) is 0 Å². The predicted molar refractivity (Wildman–Crippen MR) is 78.4 cm³/mol. The summed E-state index contributed by atoms with van der Waals surface area (Å²) in [5.41, 5.74) is 6.81. The number of hydrogen-bond donors (Lipinski definition) is 2. The van der Waals surface area contributed by atoms with Gasteiger partial charge in [-0.15, -0.1) is 0 Å². The fourth-order valence-corrected chi connectivity index (χ4v) is 2.53. The van der Waals surface area contributed by atoms with Crippen LogP contribution in [-0.4, -0.2) is 18.4 Å². The van der Waals surface area contributed by atoms with Crippen molar-refractivity contribution < 1.29 is 9.59 Å². The molecule has 108 valence electrons. The van der Waals surface area contributed by atoms with Gasteiger partial charge in [0.25, 0.3) is 0 Å². The number of carbonyl (C=O) groups excluding carboxylic acids is 2. The van der Waals surface area contributed by atoms with Gasteiger partial charge in [-0.3, -0.25) is 9.59 Å². The fourth-order valence-electron chi connectivity index (χ4n) is 2.34. The first-order valence-corrected chi connectivity index (χ1v) is 7.18. The maximum atomic E-state index is 11.6. The molecule has 0 spiro atoms. The van der Waals surface area contributed by atoms with Gasteiger partial charge < -0.3 is 11.1 Å². The van der Waals surface area contributed by atoms with Crippen LogP contribution < -0.4 is 11.1 Å². The molecule has 3 N–H and O–H groups in total. The highest BCUT2D eigenvalue weighted by Gasteiger charge is 2.48. The Morgan fingerprint density at radius 1 is 1.40 bits per heavy atom. The lowest BCUT2D eigenvalue weighted by Crippen LogP contribution is -2.27. The Morgan fingerprint density at radius 3 is 2.65 bits per heavy atom. The molecular weight excluding hydrogens is 276 g/mol. The summed E-state index contributed by atoms with van der Waals surface area (Å²) in [7, 11) is 0. The normalized spacial score (nSPS) is 15.7. The molecule has 0 unspecified atom stereocenters. The number of nitrogens with two attached hydrogens (primary N) is 1. The van der Waals surface area contributed by atoms with Crippen molar-refractivity contribution in [1.29, 1.82) is 0 Å². The summed E-state index contributed by atoms with van der Waals surface area (Å²) in [6.07, 6.45) is 2.52. The summed E-state index contributed by atoms with van der Waals surface area (Å²) in [5, 5.41) is 3.38. The van der Waals surface area contributed by atoms with Gasteiger partial charge in [-0.2, -0.15) is 0 Å². The average molecular weight is 295 g/mol. The number of carbonyl (C=O) groups is 2. The smallest absolute Gasteiger partial charge is 0.224 e. The van der Waals surface area contributed by atoms with E-state index in [0.29, 0.717) is 24.4 Å². The Kier molecular flexibility index (Phi) is 4.33. The molecule has 1 fully saturated rings. The highest BCUT2D eigenvalue weighted by atomic mass is 35.5. The molecule has 1 aliphatic rings. The Bertz CT molecular complexity index is 539. The molecule has 0 aliphatic heterocycles. The zero-order chi connectivity index (χ0) is 14.8. The van der Waals surface area contributed by atoms with Crippen LogP contribution in [0.1, 0.15) is 30.9 Å². The van der Waals surface area contributed by atoms with Crippen molar-refractivity contribution in [1.82, 2.24) is 5.32 Å². The van der Waals surface area contributed by atoms with Gasteiger partial charge in [-0.05, 0) is 43.4 Å². The minimum Gasteiger partial charge on any atom is -0.369 e. The minimum absolute atomic E-state index is 0.0168. The summed E-state index contributed by atoms with van der Waals surface area (Å²) < 4.78 is 0. The van der Waals surface area contributed by atoms with E-state index in [1.807, 2.05) is 19.1 Å². The van der Waals surface area contributed by atoms with Crippen LogP contribution in [0.15, 0.2) is 18.2 Å². The largest absolute Gasteiger partial charge is 0.369 e. The van der Waals surface area contributed by atoms with Gasteiger partial charge in [0, 0.05) is 11.6 Å². The van der Waals surface area contributed by atoms with E-state index in [4.69, 9.17) is 17.3 Å². The van der Waals surface area contributed by atoms with E-state index in [-0.39, 0.29) is 11.8 Å². The lowest BCUT2D eigenvalue weighted by molar-refractivity contribution is -0.123. The Labute approximate surface area is 123 Å². The average Bonchev–Trinajstić information content (AvgIpc) is 3.15.